The summed E-state index contributed by atoms with van der Waals surface area (Å²) in [6.45, 7) is 3.61. The second-order valence-corrected chi connectivity index (χ2v) is 4.07. The largest absolute Gasteiger partial charge is 0.478 e. The van der Waals surface area contributed by atoms with E-state index >= 15 is 0 Å². The van der Waals surface area contributed by atoms with E-state index in [4.69, 9.17) is 5.11 Å². The first-order valence-corrected chi connectivity index (χ1v) is 5.11. The first kappa shape index (κ1) is 12.3. The van der Waals surface area contributed by atoms with Crippen molar-refractivity contribution in [2.75, 3.05) is 19.0 Å². The fourth-order valence-corrected chi connectivity index (χ4v) is 1.58. The van der Waals surface area contributed by atoms with Crippen LogP contribution in [0.2, 0.25) is 0 Å². The number of hydrogen-bond acceptors (Lipinski definition) is 2. The lowest BCUT2D eigenvalue weighted by Crippen LogP contribution is -2.10. The Morgan fingerprint density at radius 2 is 2.00 bits per heavy atom. The fourth-order valence-electron chi connectivity index (χ4n) is 1.58. The average molecular weight is 219 g/mol. The normalized spacial score (nSPS) is 11.4. The van der Waals surface area contributed by atoms with Crippen LogP contribution in [-0.4, -0.2) is 25.2 Å². The summed E-state index contributed by atoms with van der Waals surface area (Å²) in [7, 11) is 3.97. The molecule has 0 saturated heterocycles. The molecule has 0 aliphatic carbocycles. The number of nitrogens with zero attached hydrogens (tertiary/aromatic N) is 1. The molecule has 0 heterocycles. The standard InChI is InChI=1S/C13H17NO2/c1-9-7-11(8-10(2)13(15)16)5-6-12(9)14(3)4/h5-8H,1-4H3,(H,15,16)/b10-8+. The van der Waals surface area contributed by atoms with Gasteiger partial charge >= 0.3 is 5.97 Å². The monoisotopic (exact) mass is 219 g/mol. The van der Waals surface area contributed by atoms with Gasteiger partial charge in [-0.3, -0.25) is 0 Å². The highest BCUT2D eigenvalue weighted by molar-refractivity contribution is 5.91. The highest BCUT2D eigenvalue weighted by Crippen LogP contribution is 2.20. The Morgan fingerprint density at radius 1 is 1.38 bits per heavy atom. The van der Waals surface area contributed by atoms with Gasteiger partial charge in [0.05, 0.1) is 0 Å². The molecule has 1 aromatic rings. The fraction of sp³-hybridized carbons (Fsp3) is 0.308. The quantitative estimate of drug-likeness (QED) is 0.794. The highest BCUT2D eigenvalue weighted by atomic mass is 16.4. The van der Waals surface area contributed by atoms with E-state index in [-0.39, 0.29) is 0 Å². The van der Waals surface area contributed by atoms with Gasteiger partial charge in [0.2, 0.25) is 0 Å². The number of carbonyl (C=O) groups is 1. The molecule has 0 unspecified atom stereocenters. The van der Waals surface area contributed by atoms with Crippen molar-refractivity contribution in [2.45, 2.75) is 13.8 Å². The molecule has 1 rings (SSSR count). The van der Waals surface area contributed by atoms with Gasteiger partial charge in [0.15, 0.2) is 0 Å². The van der Waals surface area contributed by atoms with Crippen molar-refractivity contribution in [1.82, 2.24) is 0 Å². The van der Waals surface area contributed by atoms with Crippen molar-refractivity contribution >= 4 is 17.7 Å². The van der Waals surface area contributed by atoms with E-state index in [1.165, 1.54) is 0 Å². The van der Waals surface area contributed by atoms with Crippen molar-refractivity contribution in [3.8, 4) is 0 Å². The topological polar surface area (TPSA) is 40.5 Å². The molecule has 1 aromatic carbocycles. The van der Waals surface area contributed by atoms with Crippen LogP contribution in [0.4, 0.5) is 5.69 Å². The van der Waals surface area contributed by atoms with E-state index in [2.05, 4.69) is 0 Å². The molecular weight excluding hydrogens is 202 g/mol. The Morgan fingerprint density at radius 3 is 2.44 bits per heavy atom. The lowest BCUT2D eigenvalue weighted by molar-refractivity contribution is -0.132. The summed E-state index contributed by atoms with van der Waals surface area (Å²) in [4.78, 5) is 12.7. The zero-order valence-corrected chi connectivity index (χ0v) is 10.1. The maximum Gasteiger partial charge on any atom is 0.331 e. The van der Waals surface area contributed by atoms with Crippen LogP contribution in [0.25, 0.3) is 6.08 Å². The first-order chi connectivity index (χ1) is 7.41. The van der Waals surface area contributed by atoms with Gasteiger partial charge in [-0.05, 0) is 43.2 Å². The lowest BCUT2D eigenvalue weighted by atomic mass is 10.1. The average Bonchev–Trinajstić information content (AvgIpc) is 2.16. The lowest BCUT2D eigenvalue weighted by Gasteiger charge is -2.15. The Bertz CT molecular complexity index is 434. The van der Waals surface area contributed by atoms with Crippen molar-refractivity contribution in [3.63, 3.8) is 0 Å². The molecule has 3 nitrogen and oxygen atoms in total. The van der Waals surface area contributed by atoms with Gasteiger partial charge in [0.25, 0.3) is 0 Å². The molecule has 0 bridgehead atoms. The summed E-state index contributed by atoms with van der Waals surface area (Å²) in [5, 5.41) is 8.78. The molecule has 86 valence electrons. The van der Waals surface area contributed by atoms with Crippen LogP contribution in [0.1, 0.15) is 18.1 Å². The number of anilines is 1. The highest BCUT2D eigenvalue weighted by Gasteiger charge is 2.03. The second-order valence-electron chi connectivity index (χ2n) is 4.07. The van der Waals surface area contributed by atoms with Gasteiger partial charge in [-0.15, -0.1) is 0 Å². The summed E-state index contributed by atoms with van der Waals surface area (Å²) >= 11 is 0. The number of rotatable bonds is 3. The number of carboxylic acids is 1. The predicted octanol–water partition coefficient (Wildman–Crippen LogP) is 2.55. The van der Waals surface area contributed by atoms with E-state index in [1.54, 1.807) is 13.0 Å². The van der Waals surface area contributed by atoms with Gasteiger partial charge < -0.3 is 10.0 Å². The zero-order chi connectivity index (χ0) is 12.3. The molecule has 0 aromatic heterocycles. The minimum atomic E-state index is -0.880. The number of aliphatic carboxylic acids is 1. The van der Waals surface area contributed by atoms with Crippen molar-refractivity contribution in [1.29, 1.82) is 0 Å². The molecule has 1 N–H and O–H groups in total. The summed E-state index contributed by atoms with van der Waals surface area (Å²) in [6.07, 6.45) is 1.68. The van der Waals surface area contributed by atoms with Crippen molar-refractivity contribution < 1.29 is 9.90 Å². The number of aryl methyl sites for hydroxylation is 1. The summed E-state index contributed by atoms with van der Waals surface area (Å²) in [6, 6.07) is 5.91. The molecule has 3 heteroatoms. The van der Waals surface area contributed by atoms with Gasteiger partial charge in [-0.2, -0.15) is 0 Å². The summed E-state index contributed by atoms with van der Waals surface area (Å²) in [5.41, 5.74) is 3.54. The Balaban J connectivity index is 3.07. The van der Waals surface area contributed by atoms with E-state index in [0.29, 0.717) is 5.57 Å². The van der Waals surface area contributed by atoms with E-state index < -0.39 is 5.97 Å². The number of hydrogen-bond donors (Lipinski definition) is 1. The molecule has 0 aliphatic heterocycles. The molecular formula is C13H17NO2. The minimum Gasteiger partial charge on any atom is -0.478 e. The third kappa shape index (κ3) is 2.86. The predicted molar refractivity (Wildman–Crippen MR) is 66.8 cm³/mol. The molecule has 0 saturated carbocycles. The van der Waals surface area contributed by atoms with E-state index in [1.807, 2.05) is 44.1 Å². The molecule has 16 heavy (non-hydrogen) atoms. The van der Waals surface area contributed by atoms with Crippen LogP contribution in [0, 0.1) is 6.92 Å². The van der Waals surface area contributed by atoms with Gasteiger partial charge in [-0.1, -0.05) is 6.07 Å². The second kappa shape index (κ2) is 4.84. The molecule has 0 atom stereocenters. The van der Waals surface area contributed by atoms with Crippen molar-refractivity contribution in [2.24, 2.45) is 0 Å². The third-order valence-corrected chi connectivity index (χ3v) is 2.42. The van der Waals surface area contributed by atoms with Crippen LogP contribution in [0.3, 0.4) is 0 Å². The van der Waals surface area contributed by atoms with E-state index in [9.17, 15) is 4.79 Å². The molecule has 0 radical (unpaired) electrons. The zero-order valence-electron chi connectivity index (χ0n) is 10.1. The van der Waals surface area contributed by atoms with Crippen molar-refractivity contribution in [3.05, 3.63) is 34.9 Å². The molecule has 0 spiro atoms. The smallest absolute Gasteiger partial charge is 0.331 e. The number of carboxylic acid groups (broad SMARTS) is 1. The van der Waals surface area contributed by atoms with Crippen LogP contribution < -0.4 is 4.90 Å². The molecule has 0 amide bonds. The maximum atomic E-state index is 10.7. The van der Waals surface area contributed by atoms with Crippen LogP contribution in [0.15, 0.2) is 23.8 Å². The Labute approximate surface area is 96.0 Å². The van der Waals surface area contributed by atoms with Crippen LogP contribution >= 0.6 is 0 Å². The SMILES string of the molecule is C/C(=C\c1ccc(N(C)C)c(C)c1)C(=O)O. The molecule has 0 fully saturated rings. The van der Waals surface area contributed by atoms with E-state index in [0.717, 1.165) is 16.8 Å². The van der Waals surface area contributed by atoms with Gasteiger partial charge in [0.1, 0.15) is 0 Å². The Hall–Kier alpha value is -1.77. The van der Waals surface area contributed by atoms with Gasteiger partial charge in [0, 0.05) is 25.4 Å². The Kier molecular flexibility index (Phi) is 3.72. The summed E-state index contributed by atoms with van der Waals surface area (Å²) in [5.74, 6) is -0.880. The minimum absolute atomic E-state index is 0.344. The maximum absolute atomic E-state index is 10.7. The third-order valence-electron chi connectivity index (χ3n) is 2.42. The number of benzene rings is 1. The van der Waals surface area contributed by atoms with Crippen LogP contribution in [0.5, 0.6) is 0 Å². The summed E-state index contributed by atoms with van der Waals surface area (Å²) < 4.78 is 0. The van der Waals surface area contributed by atoms with Crippen LogP contribution in [-0.2, 0) is 4.79 Å². The van der Waals surface area contributed by atoms with Gasteiger partial charge in [-0.25, -0.2) is 4.79 Å². The molecule has 0 aliphatic rings. The first-order valence-electron chi connectivity index (χ1n) is 5.11.